The molecule has 1 aromatic rings. The van der Waals surface area contributed by atoms with Gasteiger partial charge in [0.05, 0.1) is 25.9 Å². The summed E-state index contributed by atoms with van der Waals surface area (Å²) < 4.78 is 10.5. The van der Waals surface area contributed by atoms with Gasteiger partial charge in [0.15, 0.2) is 0 Å². The van der Waals surface area contributed by atoms with Crippen LogP contribution in [0.2, 0.25) is 0 Å². The summed E-state index contributed by atoms with van der Waals surface area (Å²) >= 11 is 0. The van der Waals surface area contributed by atoms with E-state index in [0.29, 0.717) is 33.0 Å². The lowest BCUT2D eigenvalue weighted by atomic mass is 10.1. The fraction of sp³-hybridized carbons (Fsp3) is 0.600. The van der Waals surface area contributed by atoms with E-state index in [1.165, 1.54) is 11.1 Å². The standard InChI is InChI=1S/C15H25NO3/c1-3-18-8-9-19-12-15(17)11-16-10-14-7-5-4-6-13(14)2/h4-7,15-17H,3,8-12H2,1-2H3. The Morgan fingerprint density at radius 2 is 1.95 bits per heavy atom. The third-order valence-electron chi connectivity index (χ3n) is 2.84. The Morgan fingerprint density at radius 3 is 2.68 bits per heavy atom. The van der Waals surface area contributed by atoms with Crippen molar-refractivity contribution in [2.45, 2.75) is 26.5 Å². The van der Waals surface area contributed by atoms with E-state index in [1.807, 2.05) is 19.1 Å². The first kappa shape index (κ1) is 16.1. The fourth-order valence-corrected chi connectivity index (χ4v) is 1.72. The van der Waals surface area contributed by atoms with Crippen molar-refractivity contribution in [2.24, 2.45) is 0 Å². The minimum Gasteiger partial charge on any atom is -0.389 e. The molecule has 0 aliphatic heterocycles. The molecule has 0 fully saturated rings. The van der Waals surface area contributed by atoms with Gasteiger partial charge >= 0.3 is 0 Å². The van der Waals surface area contributed by atoms with Crippen LogP contribution in [0.25, 0.3) is 0 Å². The smallest absolute Gasteiger partial charge is 0.0897 e. The van der Waals surface area contributed by atoms with Crippen LogP contribution in [0, 0.1) is 6.92 Å². The van der Waals surface area contributed by atoms with E-state index in [-0.39, 0.29) is 0 Å². The van der Waals surface area contributed by atoms with E-state index in [0.717, 1.165) is 6.54 Å². The molecule has 0 heterocycles. The van der Waals surface area contributed by atoms with Crippen LogP contribution >= 0.6 is 0 Å². The molecule has 0 aliphatic rings. The van der Waals surface area contributed by atoms with Gasteiger partial charge in [0.1, 0.15) is 0 Å². The number of nitrogens with one attached hydrogen (secondary N) is 1. The van der Waals surface area contributed by atoms with Gasteiger partial charge in [-0.15, -0.1) is 0 Å². The minimum absolute atomic E-state index is 0.341. The van der Waals surface area contributed by atoms with Crippen molar-refractivity contribution in [3.05, 3.63) is 35.4 Å². The lowest BCUT2D eigenvalue weighted by molar-refractivity contribution is 0.00642. The number of aliphatic hydroxyl groups is 1. The number of hydrogen-bond acceptors (Lipinski definition) is 4. The molecule has 0 radical (unpaired) electrons. The van der Waals surface area contributed by atoms with E-state index in [1.54, 1.807) is 0 Å². The van der Waals surface area contributed by atoms with Crippen LogP contribution < -0.4 is 5.32 Å². The van der Waals surface area contributed by atoms with Crippen molar-refractivity contribution >= 4 is 0 Å². The Bertz CT molecular complexity index is 344. The van der Waals surface area contributed by atoms with E-state index in [9.17, 15) is 5.11 Å². The fourth-order valence-electron chi connectivity index (χ4n) is 1.72. The zero-order valence-corrected chi connectivity index (χ0v) is 11.9. The van der Waals surface area contributed by atoms with E-state index in [4.69, 9.17) is 9.47 Å². The lowest BCUT2D eigenvalue weighted by Crippen LogP contribution is -2.30. The molecular weight excluding hydrogens is 242 g/mol. The van der Waals surface area contributed by atoms with Gasteiger partial charge in [0, 0.05) is 19.7 Å². The van der Waals surface area contributed by atoms with Gasteiger partial charge in [-0.3, -0.25) is 0 Å². The van der Waals surface area contributed by atoms with E-state index >= 15 is 0 Å². The highest BCUT2D eigenvalue weighted by atomic mass is 16.5. The summed E-state index contributed by atoms with van der Waals surface area (Å²) in [6, 6.07) is 8.23. The van der Waals surface area contributed by atoms with Crippen molar-refractivity contribution in [1.82, 2.24) is 5.32 Å². The lowest BCUT2D eigenvalue weighted by Gasteiger charge is -2.13. The van der Waals surface area contributed by atoms with Crippen molar-refractivity contribution in [1.29, 1.82) is 0 Å². The van der Waals surface area contributed by atoms with Crippen molar-refractivity contribution in [3.8, 4) is 0 Å². The predicted molar refractivity (Wildman–Crippen MR) is 76.2 cm³/mol. The largest absolute Gasteiger partial charge is 0.389 e. The molecular formula is C15H25NO3. The quantitative estimate of drug-likeness (QED) is 0.631. The van der Waals surface area contributed by atoms with Crippen LogP contribution in [-0.2, 0) is 16.0 Å². The van der Waals surface area contributed by atoms with E-state index < -0.39 is 6.10 Å². The monoisotopic (exact) mass is 267 g/mol. The molecule has 0 spiro atoms. The van der Waals surface area contributed by atoms with Gasteiger partial charge in [-0.25, -0.2) is 0 Å². The summed E-state index contributed by atoms with van der Waals surface area (Å²) in [5, 5.41) is 13.0. The topological polar surface area (TPSA) is 50.7 Å². The molecule has 1 aromatic carbocycles. The molecule has 2 N–H and O–H groups in total. The highest BCUT2D eigenvalue weighted by Crippen LogP contribution is 2.05. The molecule has 0 saturated carbocycles. The maximum Gasteiger partial charge on any atom is 0.0897 e. The number of ether oxygens (including phenoxy) is 2. The molecule has 0 saturated heterocycles. The minimum atomic E-state index is -0.481. The molecule has 0 aliphatic carbocycles. The maximum absolute atomic E-state index is 9.72. The predicted octanol–water partition coefficient (Wildman–Crippen LogP) is 1.50. The van der Waals surface area contributed by atoms with Crippen LogP contribution in [0.5, 0.6) is 0 Å². The van der Waals surface area contributed by atoms with Crippen LogP contribution in [-0.4, -0.2) is 44.2 Å². The Hall–Kier alpha value is -0.940. The summed E-state index contributed by atoms with van der Waals surface area (Å²) in [7, 11) is 0. The Morgan fingerprint density at radius 1 is 1.21 bits per heavy atom. The molecule has 1 atom stereocenters. The number of rotatable bonds is 10. The Labute approximate surface area is 115 Å². The molecule has 0 bridgehead atoms. The molecule has 1 unspecified atom stereocenters. The number of aryl methyl sites for hydroxylation is 1. The molecule has 1 rings (SSSR count). The normalized spacial score (nSPS) is 12.6. The van der Waals surface area contributed by atoms with Gasteiger partial charge in [-0.2, -0.15) is 0 Å². The number of benzene rings is 1. The van der Waals surface area contributed by atoms with Gasteiger partial charge < -0.3 is 19.9 Å². The first-order valence-corrected chi connectivity index (χ1v) is 6.82. The van der Waals surface area contributed by atoms with Gasteiger partial charge in [-0.05, 0) is 25.0 Å². The Balaban J connectivity index is 2.07. The zero-order chi connectivity index (χ0) is 13.9. The summed E-state index contributed by atoms with van der Waals surface area (Å²) in [6.45, 7) is 7.49. The summed E-state index contributed by atoms with van der Waals surface area (Å²) in [5.41, 5.74) is 2.52. The van der Waals surface area contributed by atoms with Crippen molar-refractivity contribution in [3.63, 3.8) is 0 Å². The third-order valence-corrected chi connectivity index (χ3v) is 2.84. The average Bonchev–Trinajstić information content (AvgIpc) is 2.41. The highest BCUT2D eigenvalue weighted by molar-refractivity contribution is 5.25. The Kier molecular flexibility index (Phi) is 8.41. The van der Waals surface area contributed by atoms with Gasteiger partial charge in [-0.1, -0.05) is 24.3 Å². The van der Waals surface area contributed by atoms with Crippen LogP contribution in [0.15, 0.2) is 24.3 Å². The molecule has 0 aromatic heterocycles. The average molecular weight is 267 g/mol. The van der Waals surface area contributed by atoms with E-state index in [2.05, 4.69) is 24.4 Å². The second-order valence-corrected chi connectivity index (χ2v) is 4.48. The second kappa shape index (κ2) is 9.92. The first-order chi connectivity index (χ1) is 9.24. The highest BCUT2D eigenvalue weighted by Gasteiger charge is 2.04. The van der Waals surface area contributed by atoms with Crippen LogP contribution in [0.3, 0.4) is 0 Å². The van der Waals surface area contributed by atoms with Crippen LogP contribution in [0.4, 0.5) is 0 Å². The SMILES string of the molecule is CCOCCOCC(O)CNCc1ccccc1C. The molecule has 4 heteroatoms. The third kappa shape index (κ3) is 7.28. The van der Waals surface area contributed by atoms with Crippen LogP contribution in [0.1, 0.15) is 18.1 Å². The molecule has 19 heavy (non-hydrogen) atoms. The summed E-state index contributed by atoms with van der Waals surface area (Å²) in [4.78, 5) is 0. The van der Waals surface area contributed by atoms with Crippen molar-refractivity contribution in [2.75, 3.05) is 33.0 Å². The summed E-state index contributed by atoms with van der Waals surface area (Å²) in [6.07, 6.45) is -0.481. The number of aliphatic hydroxyl groups excluding tert-OH is 1. The number of hydrogen-bond donors (Lipinski definition) is 2. The second-order valence-electron chi connectivity index (χ2n) is 4.48. The summed E-state index contributed by atoms with van der Waals surface area (Å²) in [5.74, 6) is 0. The van der Waals surface area contributed by atoms with Gasteiger partial charge in [0.2, 0.25) is 0 Å². The molecule has 0 amide bonds. The van der Waals surface area contributed by atoms with Crippen molar-refractivity contribution < 1.29 is 14.6 Å². The molecule has 108 valence electrons. The first-order valence-electron chi connectivity index (χ1n) is 6.82. The zero-order valence-electron chi connectivity index (χ0n) is 11.9. The van der Waals surface area contributed by atoms with Gasteiger partial charge in [0.25, 0.3) is 0 Å². The molecule has 4 nitrogen and oxygen atoms in total. The maximum atomic E-state index is 9.72.